The van der Waals surface area contributed by atoms with Crippen LogP contribution in [0.1, 0.15) is 48.7 Å². The van der Waals surface area contributed by atoms with Gasteiger partial charge >= 0.3 is 0 Å². The summed E-state index contributed by atoms with van der Waals surface area (Å²) < 4.78 is 1.76. The molecule has 0 aliphatic carbocycles. The van der Waals surface area contributed by atoms with Gasteiger partial charge in [0, 0.05) is 12.7 Å². The maximum Gasteiger partial charge on any atom is 0.255 e. The highest BCUT2D eigenvalue weighted by atomic mass is 16.3. The predicted octanol–water partition coefficient (Wildman–Crippen LogP) is 2.44. The lowest BCUT2D eigenvalue weighted by molar-refractivity contribution is -0.154. The topological polar surface area (TPSA) is 108 Å². The monoisotopic (exact) mass is 462 g/mol. The van der Waals surface area contributed by atoms with Gasteiger partial charge in [0.2, 0.25) is 0 Å². The van der Waals surface area contributed by atoms with E-state index in [4.69, 9.17) is 0 Å². The third-order valence-electron chi connectivity index (χ3n) is 6.28. The highest BCUT2D eigenvalue weighted by Gasteiger charge is 2.38. The molecule has 8 heteroatoms. The summed E-state index contributed by atoms with van der Waals surface area (Å²) in [6, 6.07) is 18.4. The fourth-order valence-electron chi connectivity index (χ4n) is 4.36. The molecule has 1 saturated heterocycles. The number of aliphatic hydroxyl groups is 2. The lowest BCUT2D eigenvalue weighted by atomic mass is 10.0. The van der Waals surface area contributed by atoms with Crippen LogP contribution in [0.2, 0.25) is 0 Å². The first-order valence-corrected chi connectivity index (χ1v) is 11.5. The summed E-state index contributed by atoms with van der Waals surface area (Å²) >= 11 is 0. The van der Waals surface area contributed by atoms with Gasteiger partial charge in [-0.1, -0.05) is 42.5 Å². The van der Waals surface area contributed by atoms with E-state index >= 15 is 0 Å². The van der Waals surface area contributed by atoms with E-state index in [9.17, 15) is 19.8 Å². The number of aliphatic hydroxyl groups excluding tert-OH is 2. The fraction of sp³-hybridized carbons (Fsp3) is 0.346. The van der Waals surface area contributed by atoms with Crippen molar-refractivity contribution in [3.05, 3.63) is 83.7 Å². The molecule has 178 valence electrons. The first kappa shape index (κ1) is 23.7. The lowest BCUT2D eigenvalue weighted by Crippen LogP contribution is -2.50. The Morgan fingerprint density at radius 2 is 1.74 bits per heavy atom. The molecule has 0 bridgehead atoms. The van der Waals surface area contributed by atoms with Crippen LogP contribution in [0.25, 0.3) is 5.69 Å². The van der Waals surface area contributed by atoms with Crippen LogP contribution in [0.4, 0.5) is 0 Å². The summed E-state index contributed by atoms with van der Waals surface area (Å²) in [6.07, 6.45) is -0.255. The summed E-state index contributed by atoms with van der Waals surface area (Å²) in [5, 5.41) is 28.0. The van der Waals surface area contributed by atoms with Gasteiger partial charge in [0.25, 0.3) is 11.8 Å². The highest BCUT2D eigenvalue weighted by molar-refractivity contribution is 5.91. The van der Waals surface area contributed by atoms with Crippen molar-refractivity contribution in [3.63, 3.8) is 0 Å². The molecule has 0 spiro atoms. The summed E-state index contributed by atoms with van der Waals surface area (Å²) in [5.41, 5.74) is 3.59. The van der Waals surface area contributed by atoms with Crippen molar-refractivity contribution < 1.29 is 19.8 Å². The first-order valence-electron chi connectivity index (χ1n) is 11.5. The third-order valence-corrected chi connectivity index (χ3v) is 6.28. The van der Waals surface area contributed by atoms with Gasteiger partial charge in [0.15, 0.2) is 12.2 Å². The van der Waals surface area contributed by atoms with E-state index in [1.807, 2.05) is 73.8 Å². The van der Waals surface area contributed by atoms with E-state index in [0.717, 1.165) is 35.3 Å². The van der Waals surface area contributed by atoms with Gasteiger partial charge in [-0.15, -0.1) is 0 Å². The average molecular weight is 463 g/mol. The number of nitrogens with zero attached hydrogens (tertiary/aromatic N) is 3. The third kappa shape index (κ3) is 5.03. The second-order valence-corrected chi connectivity index (χ2v) is 8.71. The Balaban J connectivity index is 1.37. The van der Waals surface area contributed by atoms with E-state index in [-0.39, 0.29) is 6.04 Å². The molecule has 1 fully saturated rings. The van der Waals surface area contributed by atoms with E-state index in [0.29, 0.717) is 6.54 Å². The van der Waals surface area contributed by atoms with Crippen LogP contribution in [0.15, 0.2) is 66.9 Å². The van der Waals surface area contributed by atoms with Crippen molar-refractivity contribution in [1.29, 1.82) is 0 Å². The summed E-state index contributed by atoms with van der Waals surface area (Å²) in [7, 11) is 0. The fourth-order valence-corrected chi connectivity index (χ4v) is 4.36. The predicted molar refractivity (Wildman–Crippen MR) is 127 cm³/mol. The Labute approximate surface area is 198 Å². The quantitative estimate of drug-likeness (QED) is 0.500. The van der Waals surface area contributed by atoms with E-state index < -0.39 is 30.1 Å². The number of rotatable bonds is 7. The van der Waals surface area contributed by atoms with Gasteiger partial charge < -0.3 is 20.4 Å². The molecule has 2 heterocycles. The number of aromatic nitrogens is 2. The minimum absolute atomic E-state index is 0.172. The standard InChI is InChI=1S/C26H30N4O4/c1-17-14-16-30(28-17)21-12-10-19(11-13-21)18(2)27-25(33)23(31)24(32)26(34)29-15-6-9-22(29)20-7-4-3-5-8-20/h3-5,7-8,10-14,16,18,22-24,31-32H,6,9,15H2,1-2H3,(H,27,33)/t18-,22-,23-,24-/m1/s1. The minimum Gasteiger partial charge on any atom is -0.380 e. The van der Waals surface area contributed by atoms with E-state index in [1.54, 1.807) is 16.5 Å². The minimum atomic E-state index is -1.86. The Bertz CT molecular complexity index is 1130. The number of hydrogen-bond donors (Lipinski definition) is 3. The van der Waals surface area contributed by atoms with Crippen molar-refractivity contribution in [2.45, 2.75) is 51.0 Å². The second-order valence-electron chi connectivity index (χ2n) is 8.71. The molecule has 34 heavy (non-hydrogen) atoms. The van der Waals surface area contributed by atoms with Crippen molar-refractivity contribution in [2.75, 3.05) is 6.54 Å². The van der Waals surface area contributed by atoms with Crippen LogP contribution in [-0.2, 0) is 9.59 Å². The molecule has 2 amide bonds. The van der Waals surface area contributed by atoms with Gasteiger partial charge in [-0.2, -0.15) is 5.10 Å². The number of carbonyl (C=O) groups excluding carboxylic acids is 2. The smallest absolute Gasteiger partial charge is 0.255 e. The molecule has 3 aromatic rings. The number of likely N-dealkylation sites (tertiary alicyclic amines) is 1. The molecule has 4 rings (SSSR count). The average Bonchev–Trinajstić information content (AvgIpc) is 3.52. The molecular formula is C26H30N4O4. The largest absolute Gasteiger partial charge is 0.380 e. The molecule has 2 aromatic carbocycles. The molecule has 1 aliphatic rings. The number of benzene rings is 2. The normalized spacial score (nSPS) is 18.4. The summed E-state index contributed by atoms with van der Waals surface area (Å²) in [5.74, 6) is -1.43. The number of amides is 2. The molecule has 0 unspecified atom stereocenters. The van der Waals surface area contributed by atoms with E-state index in [1.165, 1.54) is 0 Å². The van der Waals surface area contributed by atoms with Crippen LogP contribution in [-0.4, -0.2) is 55.5 Å². The van der Waals surface area contributed by atoms with Crippen LogP contribution >= 0.6 is 0 Å². The van der Waals surface area contributed by atoms with Crippen molar-refractivity contribution in [2.24, 2.45) is 0 Å². The molecule has 3 N–H and O–H groups in total. The van der Waals surface area contributed by atoms with Gasteiger partial charge in [0.05, 0.1) is 23.5 Å². The van der Waals surface area contributed by atoms with Crippen molar-refractivity contribution in [1.82, 2.24) is 20.0 Å². The lowest BCUT2D eigenvalue weighted by Gasteiger charge is -2.29. The number of nitrogens with one attached hydrogen (secondary N) is 1. The van der Waals surface area contributed by atoms with Crippen molar-refractivity contribution >= 4 is 11.8 Å². The maximum atomic E-state index is 12.9. The Kier molecular flexibility index (Phi) is 7.09. The molecule has 0 radical (unpaired) electrons. The zero-order valence-electron chi connectivity index (χ0n) is 19.3. The van der Waals surface area contributed by atoms with Crippen LogP contribution in [0.5, 0.6) is 0 Å². The Morgan fingerprint density at radius 3 is 2.38 bits per heavy atom. The maximum absolute atomic E-state index is 12.9. The zero-order valence-corrected chi connectivity index (χ0v) is 19.3. The SMILES string of the molecule is Cc1ccn(-c2ccc([C@@H](C)NC(=O)[C@H](O)[C@@H](O)C(=O)N3CCC[C@@H]3c3ccccc3)cc2)n1. The van der Waals surface area contributed by atoms with Gasteiger partial charge in [-0.25, -0.2) is 4.68 Å². The number of aryl methyl sites for hydroxylation is 1. The van der Waals surface area contributed by atoms with Crippen molar-refractivity contribution in [3.8, 4) is 5.69 Å². The van der Waals surface area contributed by atoms with Crippen LogP contribution in [0.3, 0.4) is 0 Å². The van der Waals surface area contributed by atoms with Gasteiger partial charge in [-0.05, 0) is 56.0 Å². The Morgan fingerprint density at radius 1 is 1.03 bits per heavy atom. The molecule has 1 aromatic heterocycles. The summed E-state index contributed by atoms with van der Waals surface area (Å²) in [4.78, 5) is 27.1. The number of hydrogen-bond acceptors (Lipinski definition) is 5. The molecule has 1 aliphatic heterocycles. The first-order chi connectivity index (χ1) is 16.3. The highest BCUT2D eigenvalue weighted by Crippen LogP contribution is 2.32. The molecular weight excluding hydrogens is 432 g/mol. The van der Waals surface area contributed by atoms with Gasteiger partial charge in [0.1, 0.15) is 0 Å². The molecule has 0 saturated carbocycles. The summed E-state index contributed by atoms with van der Waals surface area (Å²) in [6.45, 7) is 4.17. The Hall–Kier alpha value is -3.49. The van der Waals surface area contributed by atoms with Crippen LogP contribution < -0.4 is 5.32 Å². The molecule has 8 nitrogen and oxygen atoms in total. The number of carbonyl (C=O) groups is 2. The molecule has 4 atom stereocenters. The second kappa shape index (κ2) is 10.2. The zero-order chi connectivity index (χ0) is 24.2. The van der Waals surface area contributed by atoms with Gasteiger partial charge in [-0.3, -0.25) is 9.59 Å². The van der Waals surface area contributed by atoms with E-state index in [2.05, 4.69) is 10.4 Å². The van der Waals surface area contributed by atoms with Crippen LogP contribution in [0, 0.1) is 6.92 Å².